The molecule has 1 N–H and O–H groups in total. The molecule has 0 radical (unpaired) electrons. The third kappa shape index (κ3) is 3.45. The van der Waals surface area contributed by atoms with E-state index in [1.165, 1.54) is 6.92 Å². The summed E-state index contributed by atoms with van der Waals surface area (Å²) < 4.78 is 16.6. The fourth-order valence-electron chi connectivity index (χ4n) is 2.50. The summed E-state index contributed by atoms with van der Waals surface area (Å²) in [6.07, 6.45) is -0.466. The Hall–Kier alpha value is -1.14. The molecule has 0 aromatic rings. The molecule has 0 aromatic carbocycles. The summed E-state index contributed by atoms with van der Waals surface area (Å²) in [5, 5.41) is 2.79. The second kappa shape index (κ2) is 5.88. The van der Waals surface area contributed by atoms with Gasteiger partial charge < -0.3 is 19.5 Å². The Kier molecular flexibility index (Phi) is 4.42. The van der Waals surface area contributed by atoms with Crippen LogP contribution in [0.2, 0.25) is 0 Å². The van der Waals surface area contributed by atoms with Gasteiger partial charge in [-0.05, 0) is 5.92 Å². The lowest BCUT2D eigenvalue weighted by atomic mass is 10.1. The van der Waals surface area contributed by atoms with Crippen LogP contribution in [-0.2, 0) is 23.8 Å². The van der Waals surface area contributed by atoms with Gasteiger partial charge in [-0.2, -0.15) is 0 Å². The van der Waals surface area contributed by atoms with Gasteiger partial charge >= 0.3 is 5.97 Å². The van der Waals surface area contributed by atoms with Crippen molar-refractivity contribution < 1.29 is 23.8 Å². The zero-order valence-corrected chi connectivity index (χ0v) is 11.5. The van der Waals surface area contributed by atoms with Crippen LogP contribution in [0.4, 0.5) is 0 Å². The van der Waals surface area contributed by atoms with E-state index >= 15 is 0 Å². The Morgan fingerprint density at radius 1 is 1.26 bits per heavy atom. The van der Waals surface area contributed by atoms with Crippen LogP contribution in [-0.4, -0.2) is 49.4 Å². The van der Waals surface area contributed by atoms with Crippen LogP contribution in [0.15, 0.2) is 0 Å². The van der Waals surface area contributed by atoms with E-state index in [1.807, 2.05) is 13.8 Å². The number of fused-ring (bicyclic) bond motifs is 1. The number of carbonyl (C=O) groups excluding carboxylic acids is 2. The second-order valence-corrected chi connectivity index (χ2v) is 5.53. The number of hydrogen-bond donors (Lipinski definition) is 1. The minimum absolute atomic E-state index is 0.113. The standard InChI is InChI=1S/C13H21NO5/c1-7(2)4-11(16)19-10-6-18-12-9(14-8(3)15)5-17-13(10)12/h7,9-10,12-13H,4-6H2,1-3H3,(H,14,15)/t9-,10-,12-,13-/m1/s1. The summed E-state index contributed by atoms with van der Waals surface area (Å²) in [5.41, 5.74) is 0. The first kappa shape index (κ1) is 14.3. The Balaban J connectivity index is 1.87. The van der Waals surface area contributed by atoms with E-state index in [0.29, 0.717) is 19.6 Å². The molecule has 0 unspecified atom stereocenters. The van der Waals surface area contributed by atoms with Crippen molar-refractivity contribution >= 4 is 11.9 Å². The molecule has 6 nitrogen and oxygen atoms in total. The van der Waals surface area contributed by atoms with Gasteiger partial charge in [0.2, 0.25) is 5.91 Å². The zero-order valence-electron chi connectivity index (χ0n) is 11.5. The maximum absolute atomic E-state index is 11.7. The fourth-order valence-corrected chi connectivity index (χ4v) is 2.50. The third-order valence-electron chi connectivity index (χ3n) is 3.25. The maximum atomic E-state index is 11.7. The van der Waals surface area contributed by atoms with E-state index in [-0.39, 0.29) is 42.1 Å². The van der Waals surface area contributed by atoms with Crippen molar-refractivity contribution in [2.24, 2.45) is 5.92 Å². The van der Waals surface area contributed by atoms with Crippen molar-refractivity contribution in [3.63, 3.8) is 0 Å². The second-order valence-electron chi connectivity index (χ2n) is 5.53. The molecule has 2 aliphatic rings. The van der Waals surface area contributed by atoms with Crippen molar-refractivity contribution in [1.29, 1.82) is 0 Å². The predicted molar refractivity (Wildman–Crippen MR) is 66.4 cm³/mol. The van der Waals surface area contributed by atoms with Crippen molar-refractivity contribution in [1.82, 2.24) is 5.32 Å². The highest BCUT2D eigenvalue weighted by molar-refractivity contribution is 5.73. The lowest BCUT2D eigenvalue weighted by Gasteiger charge is -2.17. The number of nitrogens with one attached hydrogen (secondary N) is 1. The number of rotatable bonds is 4. The van der Waals surface area contributed by atoms with E-state index in [9.17, 15) is 9.59 Å². The Bertz CT molecular complexity index is 357. The minimum atomic E-state index is -0.366. The Labute approximate surface area is 112 Å². The van der Waals surface area contributed by atoms with E-state index in [1.54, 1.807) is 0 Å². The van der Waals surface area contributed by atoms with Gasteiger partial charge in [-0.3, -0.25) is 9.59 Å². The van der Waals surface area contributed by atoms with Gasteiger partial charge in [0.15, 0.2) is 6.10 Å². The third-order valence-corrected chi connectivity index (χ3v) is 3.25. The molecule has 2 fully saturated rings. The van der Waals surface area contributed by atoms with Crippen LogP contribution in [0.1, 0.15) is 27.2 Å². The Morgan fingerprint density at radius 2 is 1.95 bits per heavy atom. The molecule has 2 rings (SSSR count). The molecular weight excluding hydrogens is 250 g/mol. The maximum Gasteiger partial charge on any atom is 0.306 e. The van der Waals surface area contributed by atoms with Gasteiger partial charge in [-0.25, -0.2) is 0 Å². The molecule has 0 bridgehead atoms. The van der Waals surface area contributed by atoms with Crippen LogP contribution in [0.5, 0.6) is 0 Å². The number of carbonyl (C=O) groups is 2. The van der Waals surface area contributed by atoms with Gasteiger partial charge in [0.1, 0.15) is 12.2 Å². The molecule has 6 heteroatoms. The highest BCUT2D eigenvalue weighted by Gasteiger charge is 2.49. The van der Waals surface area contributed by atoms with Crippen LogP contribution in [0.3, 0.4) is 0 Å². The summed E-state index contributed by atoms with van der Waals surface area (Å²) in [7, 11) is 0. The topological polar surface area (TPSA) is 73.9 Å². The summed E-state index contributed by atoms with van der Waals surface area (Å²) in [6.45, 7) is 6.12. The van der Waals surface area contributed by atoms with Gasteiger partial charge in [-0.15, -0.1) is 0 Å². The summed E-state index contributed by atoms with van der Waals surface area (Å²) in [6, 6.07) is -0.156. The lowest BCUT2D eigenvalue weighted by molar-refractivity contribution is -0.154. The van der Waals surface area contributed by atoms with Crippen LogP contribution < -0.4 is 5.32 Å². The molecule has 0 saturated carbocycles. The van der Waals surface area contributed by atoms with Crippen molar-refractivity contribution in [2.45, 2.75) is 51.5 Å². The molecule has 19 heavy (non-hydrogen) atoms. The normalized spacial score (nSPS) is 33.3. The number of hydrogen-bond acceptors (Lipinski definition) is 5. The SMILES string of the molecule is CC(=O)N[C@@H]1CO[C@H]2[C@@H]1OC[C@H]2OC(=O)CC(C)C. The Morgan fingerprint density at radius 3 is 2.58 bits per heavy atom. The van der Waals surface area contributed by atoms with E-state index in [0.717, 1.165) is 0 Å². The smallest absolute Gasteiger partial charge is 0.306 e. The van der Waals surface area contributed by atoms with E-state index in [2.05, 4.69) is 5.32 Å². The molecule has 4 atom stereocenters. The quantitative estimate of drug-likeness (QED) is 0.742. The van der Waals surface area contributed by atoms with Crippen molar-refractivity contribution in [2.75, 3.05) is 13.2 Å². The lowest BCUT2D eigenvalue weighted by Crippen LogP contribution is -2.43. The summed E-state index contributed by atoms with van der Waals surface area (Å²) in [5.74, 6) is -0.0730. The first-order valence-electron chi connectivity index (χ1n) is 6.67. The van der Waals surface area contributed by atoms with Gasteiger partial charge in [-0.1, -0.05) is 13.8 Å². The highest BCUT2D eigenvalue weighted by atomic mass is 16.6. The molecule has 2 aliphatic heterocycles. The number of esters is 1. The van der Waals surface area contributed by atoms with Gasteiger partial charge in [0, 0.05) is 13.3 Å². The molecule has 0 spiro atoms. The number of amides is 1. The first-order valence-corrected chi connectivity index (χ1v) is 6.67. The molecule has 2 heterocycles. The average Bonchev–Trinajstić information content (AvgIpc) is 2.81. The first-order chi connectivity index (χ1) is 8.97. The van der Waals surface area contributed by atoms with Gasteiger partial charge in [0.25, 0.3) is 0 Å². The zero-order chi connectivity index (χ0) is 14.0. The van der Waals surface area contributed by atoms with Crippen LogP contribution in [0.25, 0.3) is 0 Å². The average molecular weight is 271 g/mol. The molecular formula is C13H21NO5. The fraction of sp³-hybridized carbons (Fsp3) is 0.846. The molecule has 2 saturated heterocycles. The minimum Gasteiger partial charge on any atom is -0.457 e. The monoisotopic (exact) mass is 271 g/mol. The molecule has 1 amide bonds. The van der Waals surface area contributed by atoms with Crippen LogP contribution >= 0.6 is 0 Å². The predicted octanol–water partition coefficient (Wildman–Crippen LogP) is 0.247. The highest BCUT2D eigenvalue weighted by Crippen LogP contribution is 2.29. The number of ether oxygens (including phenoxy) is 3. The molecule has 0 aliphatic carbocycles. The van der Waals surface area contributed by atoms with E-state index in [4.69, 9.17) is 14.2 Å². The summed E-state index contributed by atoms with van der Waals surface area (Å²) >= 11 is 0. The molecule has 0 aromatic heterocycles. The van der Waals surface area contributed by atoms with Crippen molar-refractivity contribution in [3.05, 3.63) is 0 Å². The largest absolute Gasteiger partial charge is 0.457 e. The van der Waals surface area contributed by atoms with Gasteiger partial charge in [0.05, 0.1) is 19.3 Å². The van der Waals surface area contributed by atoms with E-state index < -0.39 is 0 Å². The summed E-state index contributed by atoms with van der Waals surface area (Å²) in [4.78, 5) is 22.7. The van der Waals surface area contributed by atoms with Crippen molar-refractivity contribution in [3.8, 4) is 0 Å². The van der Waals surface area contributed by atoms with Crippen LogP contribution in [0, 0.1) is 5.92 Å². The molecule has 108 valence electrons.